The first-order valence-electron chi connectivity index (χ1n) is 5.27. The zero-order valence-electron chi connectivity index (χ0n) is 9.74. The summed E-state index contributed by atoms with van der Waals surface area (Å²) < 4.78 is 0.834. The summed E-state index contributed by atoms with van der Waals surface area (Å²) in [6.45, 7) is 3.44. The molecule has 0 saturated carbocycles. The fourth-order valence-electron chi connectivity index (χ4n) is 1.29. The van der Waals surface area contributed by atoms with Crippen LogP contribution in [0.15, 0.2) is 28.7 Å². The average molecular weight is 299 g/mol. The van der Waals surface area contributed by atoms with Crippen molar-refractivity contribution in [3.05, 3.63) is 34.3 Å². The summed E-state index contributed by atoms with van der Waals surface area (Å²) in [6.07, 6.45) is 0. The largest absolute Gasteiger partial charge is 0.369 e. The van der Waals surface area contributed by atoms with Crippen molar-refractivity contribution in [1.82, 2.24) is 5.32 Å². The van der Waals surface area contributed by atoms with Crippen molar-refractivity contribution in [2.24, 2.45) is 11.7 Å². The fourth-order valence-corrected chi connectivity index (χ4v) is 1.69. The molecule has 0 fully saturated rings. The van der Waals surface area contributed by atoms with E-state index in [4.69, 9.17) is 5.73 Å². The molecule has 5 heteroatoms. The summed E-state index contributed by atoms with van der Waals surface area (Å²) in [7, 11) is 0. The van der Waals surface area contributed by atoms with Crippen LogP contribution in [0.5, 0.6) is 0 Å². The fraction of sp³-hybridized carbons (Fsp3) is 0.333. The predicted molar refractivity (Wildman–Crippen MR) is 69.4 cm³/mol. The number of nitrogens with two attached hydrogens (primary N) is 1. The summed E-state index contributed by atoms with van der Waals surface area (Å²) in [4.78, 5) is 22.8. The Kier molecular flexibility index (Phi) is 4.69. The van der Waals surface area contributed by atoms with Crippen LogP contribution in [0.25, 0.3) is 0 Å². The molecule has 1 rings (SSSR count). The number of benzene rings is 1. The molecule has 3 N–H and O–H groups in total. The Morgan fingerprint density at radius 1 is 1.35 bits per heavy atom. The second-order valence-electron chi connectivity index (χ2n) is 3.96. The highest BCUT2D eigenvalue weighted by Crippen LogP contribution is 2.12. The Balaban J connectivity index is 2.70. The van der Waals surface area contributed by atoms with Crippen LogP contribution < -0.4 is 11.1 Å². The molecule has 2 atom stereocenters. The second-order valence-corrected chi connectivity index (χ2v) is 4.88. The lowest BCUT2D eigenvalue weighted by molar-refractivity contribution is -0.121. The van der Waals surface area contributed by atoms with Crippen LogP contribution in [0.3, 0.4) is 0 Å². The van der Waals surface area contributed by atoms with Gasteiger partial charge >= 0.3 is 0 Å². The molecule has 4 nitrogen and oxygen atoms in total. The maximum Gasteiger partial charge on any atom is 0.251 e. The van der Waals surface area contributed by atoms with Crippen LogP contribution in [0.1, 0.15) is 24.2 Å². The molecule has 0 radical (unpaired) electrons. The van der Waals surface area contributed by atoms with Gasteiger partial charge in [0.15, 0.2) is 0 Å². The topological polar surface area (TPSA) is 72.2 Å². The third-order valence-electron chi connectivity index (χ3n) is 2.64. The standard InChI is InChI=1S/C12H15BrN2O2/c1-7(11(14)16)8(2)15-12(17)9-4-3-5-10(13)6-9/h3-8H,1-2H3,(H2,14,16)(H,15,17). The summed E-state index contributed by atoms with van der Waals surface area (Å²) in [5, 5.41) is 2.74. The van der Waals surface area contributed by atoms with Crippen LogP contribution in [0, 0.1) is 5.92 Å². The summed E-state index contributed by atoms with van der Waals surface area (Å²) >= 11 is 3.29. The van der Waals surface area contributed by atoms with E-state index in [9.17, 15) is 9.59 Å². The lowest BCUT2D eigenvalue weighted by Gasteiger charge is -2.18. The number of hydrogen-bond donors (Lipinski definition) is 2. The number of halogens is 1. The van der Waals surface area contributed by atoms with Crippen molar-refractivity contribution < 1.29 is 9.59 Å². The van der Waals surface area contributed by atoms with E-state index in [1.54, 1.807) is 32.0 Å². The van der Waals surface area contributed by atoms with Crippen molar-refractivity contribution >= 4 is 27.7 Å². The Morgan fingerprint density at radius 3 is 2.53 bits per heavy atom. The number of hydrogen-bond acceptors (Lipinski definition) is 2. The molecule has 2 amide bonds. The summed E-state index contributed by atoms with van der Waals surface area (Å²) in [5.41, 5.74) is 5.72. The molecule has 92 valence electrons. The highest BCUT2D eigenvalue weighted by atomic mass is 79.9. The van der Waals surface area contributed by atoms with Gasteiger partial charge in [-0.15, -0.1) is 0 Å². The van der Waals surface area contributed by atoms with Gasteiger partial charge in [-0.05, 0) is 25.1 Å². The van der Waals surface area contributed by atoms with Crippen LogP contribution in [-0.2, 0) is 4.79 Å². The minimum absolute atomic E-state index is 0.216. The molecule has 0 heterocycles. The molecule has 0 aliphatic carbocycles. The van der Waals surface area contributed by atoms with E-state index in [-0.39, 0.29) is 11.9 Å². The number of carbonyl (C=O) groups excluding carboxylic acids is 2. The Bertz CT molecular complexity index is 434. The molecular weight excluding hydrogens is 284 g/mol. The van der Waals surface area contributed by atoms with Gasteiger partial charge < -0.3 is 11.1 Å². The normalized spacial score (nSPS) is 13.8. The molecule has 0 aromatic heterocycles. The third-order valence-corrected chi connectivity index (χ3v) is 3.14. The van der Waals surface area contributed by atoms with Gasteiger partial charge in [0.2, 0.25) is 5.91 Å². The highest BCUT2D eigenvalue weighted by molar-refractivity contribution is 9.10. The number of primary amides is 1. The third kappa shape index (κ3) is 3.85. The Morgan fingerprint density at radius 2 is 2.00 bits per heavy atom. The molecule has 0 aliphatic rings. The molecule has 1 aromatic carbocycles. The smallest absolute Gasteiger partial charge is 0.251 e. The van der Waals surface area contributed by atoms with Gasteiger partial charge in [0.25, 0.3) is 5.91 Å². The first kappa shape index (κ1) is 13.7. The molecule has 0 spiro atoms. The molecule has 1 aromatic rings. The van der Waals surface area contributed by atoms with Gasteiger partial charge in [0, 0.05) is 16.1 Å². The molecular formula is C12H15BrN2O2. The SMILES string of the molecule is CC(NC(=O)c1cccc(Br)c1)C(C)C(N)=O. The quantitative estimate of drug-likeness (QED) is 0.888. The van der Waals surface area contributed by atoms with Crippen LogP contribution in [0.2, 0.25) is 0 Å². The van der Waals surface area contributed by atoms with Gasteiger partial charge in [0.05, 0.1) is 5.92 Å². The van der Waals surface area contributed by atoms with Gasteiger partial charge in [-0.25, -0.2) is 0 Å². The zero-order chi connectivity index (χ0) is 13.0. The predicted octanol–water partition coefficient (Wildman–Crippen LogP) is 1.69. The van der Waals surface area contributed by atoms with Gasteiger partial charge in [-0.3, -0.25) is 9.59 Å². The van der Waals surface area contributed by atoms with E-state index >= 15 is 0 Å². The van der Waals surface area contributed by atoms with Crippen LogP contribution >= 0.6 is 15.9 Å². The van der Waals surface area contributed by atoms with Crippen LogP contribution in [-0.4, -0.2) is 17.9 Å². The average Bonchev–Trinajstić information content (AvgIpc) is 2.27. The first-order chi connectivity index (χ1) is 7.91. The summed E-state index contributed by atoms with van der Waals surface area (Å²) in [5.74, 6) is -1.04. The maximum absolute atomic E-state index is 11.9. The minimum Gasteiger partial charge on any atom is -0.369 e. The minimum atomic E-state index is -0.424. The summed E-state index contributed by atoms with van der Waals surface area (Å²) in [6, 6.07) is 6.76. The van der Waals surface area contributed by atoms with Gasteiger partial charge in [-0.2, -0.15) is 0 Å². The van der Waals surface area contributed by atoms with E-state index in [0.29, 0.717) is 5.56 Å². The lowest BCUT2D eigenvalue weighted by Crippen LogP contribution is -2.42. The van der Waals surface area contributed by atoms with Crippen molar-refractivity contribution in [2.45, 2.75) is 19.9 Å². The molecule has 0 saturated heterocycles. The Labute approximate surface area is 109 Å². The van der Waals surface area contributed by atoms with Crippen LogP contribution in [0.4, 0.5) is 0 Å². The van der Waals surface area contributed by atoms with E-state index < -0.39 is 11.8 Å². The van der Waals surface area contributed by atoms with Crippen molar-refractivity contribution in [3.8, 4) is 0 Å². The number of amides is 2. The van der Waals surface area contributed by atoms with E-state index in [2.05, 4.69) is 21.2 Å². The number of nitrogens with one attached hydrogen (secondary N) is 1. The molecule has 0 bridgehead atoms. The van der Waals surface area contributed by atoms with E-state index in [1.165, 1.54) is 0 Å². The monoisotopic (exact) mass is 298 g/mol. The van der Waals surface area contributed by atoms with Gasteiger partial charge in [0.1, 0.15) is 0 Å². The van der Waals surface area contributed by atoms with Crippen molar-refractivity contribution in [2.75, 3.05) is 0 Å². The Hall–Kier alpha value is -1.36. The lowest BCUT2D eigenvalue weighted by atomic mass is 10.0. The molecule has 17 heavy (non-hydrogen) atoms. The van der Waals surface area contributed by atoms with Crippen molar-refractivity contribution in [3.63, 3.8) is 0 Å². The zero-order valence-corrected chi connectivity index (χ0v) is 11.3. The molecule has 0 aliphatic heterocycles. The highest BCUT2D eigenvalue weighted by Gasteiger charge is 2.19. The van der Waals surface area contributed by atoms with E-state index in [0.717, 1.165) is 4.47 Å². The van der Waals surface area contributed by atoms with Crippen molar-refractivity contribution in [1.29, 1.82) is 0 Å². The number of rotatable bonds is 4. The number of carbonyl (C=O) groups is 2. The first-order valence-corrected chi connectivity index (χ1v) is 6.07. The second kappa shape index (κ2) is 5.82. The molecule has 2 unspecified atom stereocenters. The maximum atomic E-state index is 11.9. The van der Waals surface area contributed by atoms with Gasteiger partial charge in [-0.1, -0.05) is 28.9 Å². The van der Waals surface area contributed by atoms with E-state index in [1.807, 2.05) is 6.07 Å².